The number of piperidine rings is 1. The molecule has 1 amide bonds. The van der Waals surface area contributed by atoms with Gasteiger partial charge in [-0.15, -0.1) is 24.8 Å². The molecule has 0 radical (unpaired) electrons. The third-order valence-corrected chi connectivity index (χ3v) is 5.62. The van der Waals surface area contributed by atoms with Crippen LogP contribution in [0.5, 0.6) is 11.5 Å². The highest BCUT2D eigenvalue weighted by Gasteiger charge is 2.27. The van der Waals surface area contributed by atoms with E-state index in [1.807, 2.05) is 18.2 Å². The van der Waals surface area contributed by atoms with Gasteiger partial charge in [-0.1, -0.05) is 30.3 Å². The lowest BCUT2D eigenvalue weighted by molar-refractivity contribution is -0.120. The summed E-state index contributed by atoms with van der Waals surface area (Å²) in [4.78, 5) is 13.6. The van der Waals surface area contributed by atoms with Crippen LogP contribution in [0.1, 0.15) is 30.0 Å². The lowest BCUT2D eigenvalue weighted by atomic mass is 9.92. The summed E-state index contributed by atoms with van der Waals surface area (Å²) in [5, 5.41) is 7.35. The van der Waals surface area contributed by atoms with Crippen molar-refractivity contribution in [2.45, 2.75) is 31.5 Å². The topological polar surface area (TPSA) is 62.8 Å². The molecule has 6 nitrogen and oxygen atoms in total. The second-order valence-corrected chi connectivity index (χ2v) is 7.35. The van der Waals surface area contributed by atoms with Gasteiger partial charge in [-0.3, -0.25) is 4.79 Å². The number of amides is 1. The molecule has 2 aliphatic rings. The maximum atomic E-state index is 12.0. The van der Waals surface area contributed by atoms with E-state index in [0.717, 1.165) is 36.4 Å². The summed E-state index contributed by atoms with van der Waals surface area (Å²) >= 11 is 0. The Morgan fingerprint density at radius 3 is 2.73 bits per heavy atom. The van der Waals surface area contributed by atoms with Crippen LogP contribution in [0.4, 0.5) is 5.69 Å². The number of hydrogen-bond donors (Lipinski definition) is 2. The maximum absolute atomic E-state index is 12.0. The van der Waals surface area contributed by atoms with E-state index in [-0.39, 0.29) is 43.4 Å². The zero-order valence-corrected chi connectivity index (χ0v) is 18.9. The standard InChI is InChI=1S/C22H27N3O3.2ClH/c1-25-18-11-16(19(27-2)12-20(18)28-14-21(25)26)13-24-17-9-6-10-23-22(17)15-7-4-3-5-8-15;;/h3-5,7-8,11-12,17,22-24H,6,9-10,13-14H2,1-2H3;2*1H/t17-,22-;;/m0../s1. The molecule has 164 valence electrons. The first-order valence-electron chi connectivity index (χ1n) is 9.79. The Morgan fingerprint density at radius 1 is 1.23 bits per heavy atom. The van der Waals surface area contributed by atoms with Crippen LogP contribution < -0.4 is 25.0 Å². The predicted molar refractivity (Wildman–Crippen MR) is 123 cm³/mol. The van der Waals surface area contributed by atoms with Crippen molar-refractivity contribution in [1.82, 2.24) is 10.6 Å². The summed E-state index contributed by atoms with van der Waals surface area (Å²) in [6, 6.07) is 15.1. The highest BCUT2D eigenvalue weighted by molar-refractivity contribution is 5.97. The van der Waals surface area contributed by atoms with E-state index in [1.165, 1.54) is 5.56 Å². The van der Waals surface area contributed by atoms with Gasteiger partial charge < -0.3 is 25.0 Å². The molecule has 4 rings (SSSR count). The average molecular weight is 454 g/mol. The number of nitrogens with zero attached hydrogens (tertiary/aromatic N) is 1. The van der Waals surface area contributed by atoms with Crippen LogP contribution in [0.25, 0.3) is 0 Å². The van der Waals surface area contributed by atoms with E-state index >= 15 is 0 Å². The van der Waals surface area contributed by atoms with Gasteiger partial charge in [0.05, 0.1) is 12.8 Å². The Kier molecular flexibility index (Phi) is 8.79. The molecule has 0 aromatic heterocycles. The van der Waals surface area contributed by atoms with Gasteiger partial charge in [0, 0.05) is 37.3 Å². The molecule has 2 N–H and O–H groups in total. The highest BCUT2D eigenvalue weighted by Crippen LogP contribution is 2.37. The Bertz CT molecular complexity index is 851. The summed E-state index contributed by atoms with van der Waals surface area (Å²) in [5.41, 5.74) is 3.11. The quantitative estimate of drug-likeness (QED) is 0.725. The van der Waals surface area contributed by atoms with Crippen molar-refractivity contribution >= 4 is 36.4 Å². The molecule has 30 heavy (non-hydrogen) atoms. The van der Waals surface area contributed by atoms with Crippen molar-refractivity contribution in [2.75, 3.05) is 32.2 Å². The summed E-state index contributed by atoms with van der Waals surface area (Å²) in [6.07, 6.45) is 2.26. The molecular weight excluding hydrogens is 425 g/mol. The molecule has 2 aliphatic heterocycles. The van der Waals surface area contributed by atoms with Crippen LogP contribution in [0.15, 0.2) is 42.5 Å². The Hall–Kier alpha value is -1.99. The number of carbonyl (C=O) groups excluding carboxylic acids is 1. The number of anilines is 1. The van der Waals surface area contributed by atoms with Crippen molar-refractivity contribution in [3.05, 3.63) is 53.6 Å². The van der Waals surface area contributed by atoms with E-state index in [0.29, 0.717) is 18.3 Å². The molecule has 2 aromatic carbocycles. The van der Waals surface area contributed by atoms with Gasteiger partial charge in [0.25, 0.3) is 5.91 Å². The monoisotopic (exact) mass is 453 g/mol. The fourth-order valence-electron chi connectivity index (χ4n) is 4.03. The van der Waals surface area contributed by atoms with Crippen molar-refractivity contribution < 1.29 is 14.3 Å². The largest absolute Gasteiger partial charge is 0.496 e. The molecule has 0 unspecified atom stereocenters. The van der Waals surface area contributed by atoms with Crippen molar-refractivity contribution in [3.63, 3.8) is 0 Å². The highest BCUT2D eigenvalue weighted by atomic mass is 35.5. The van der Waals surface area contributed by atoms with Crippen LogP contribution in [0.2, 0.25) is 0 Å². The summed E-state index contributed by atoms with van der Waals surface area (Å²) in [5.74, 6) is 1.41. The molecule has 2 aromatic rings. The van der Waals surface area contributed by atoms with Gasteiger partial charge in [0.15, 0.2) is 6.61 Å². The lowest BCUT2D eigenvalue weighted by Gasteiger charge is -2.34. The number of methoxy groups -OCH3 is 1. The second-order valence-electron chi connectivity index (χ2n) is 7.35. The molecule has 1 saturated heterocycles. The Labute approximate surface area is 190 Å². The average Bonchev–Trinajstić information content (AvgIpc) is 2.75. The van der Waals surface area contributed by atoms with E-state index < -0.39 is 0 Å². The smallest absolute Gasteiger partial charge is 0.264 e. The van der Waals surface area contributed by atoms with Crippen molar-refractivity contribution in [3.8, 4) is 11.5 Å². The molecule has 0 aliphatic carbocycles. The van der Waals surface area contributed by atoms with Crippen LogP contribution in [0, 0.1) is 0 Å². The first-order chi connectivity index (χ1) is 13.7. The molecule has 2 heterocycles. The van der Waals surface area contributed by atoms with Crippen LogP contribution in [0.3, 0.4) is 0 Å². The summed E-state index contributed by atoms with van der Waals surface area (Å²) in [7, 11) is 3.45. The predicted octanol–water partition coefficient (Wildman–Crippen LogP) is 3.48. The Balaban J connectivity index is 0.00000160. The lowest BCUT2D eigenvalue weighted by Crippen LogP contribution is -2.45. The van der Waals surface area contributed by atoms with Gasteiger partial charge in [0.2, 0.25) is 0 Å². The number of fused-ring (bicyclic) bond motifs is 1. The fourth-order valence-corrected chi connectivity index (χ4v) is 4.03. The van der Waals surface area contributed by atoms with Gasteiger partial charge in [-0.25, -0.2) is 0 Å². The van der Waals surface area contributed by atoms with Crippen LogP contribution >= 0.6 is 24.8 Å². The number of nitrogens with one attached hydrogen (secondary N) is 2. The molecule has 8 heteroatoms. The molecular formula is C22H29Cl2N3O3. The van der Waals surface area contributed by atoms with Crippen molar-refractivity contribution in [1.29, 1.82) is 0 Å². The normalized spacial score (nSPS) is 20.3. The third kappa shape index (κ3) is 5.01. The number of likely N-dealkylation sites (N-methyl/N-ethyl adjacent to an activating group) is 1. The fraction of sp³-hybridized carbons (Fsp3) is 0.409. The van der Waals surface area contributed by atoms with Gasteiger partial charge in [-0.05, 0) is 31.0 Å². The van der Waals surface area contributed by atoms with Crippen LogP contribution in [-0.2, 0) is 11.3 Å². The molecule has 0 bridgehead atoms. The molecule has 0 saturated carbocycles. The first kappa shape index (κ1) is 24.3. The third-order valence-electron chi connectivity index (χ3n) is 5.62. The molecule has 2 atom stereocenters. The minimum atomic E-state index is -0.0443. The van der Waals surface area contributed by atoms with Crippen molar-refractivity contribution in [2.24, 2.45) is 0 Å². The number of ether oxygens (including phenoxy) is 2. The zero-order chi connectivity index (χ0) is 19.5. The number of rotatable bonds is 5. The number of hydrogen-bond acceptors (Lipinski definition) is 5. The maximum Gasteiger partial charge on any atom is 0.264 e. The summed E-state index contributed by atoms with van der Waals surface area (Å²) in [6.45, 7) is 1.76. The van der Waals surface area contributed by atoms with Crippen LogP contribution in [-0.4, -0.2) is 39.3 Å². The summed E-state index contributed by atoms with van der Waals surface area (Å²) < 4.78 is 11.2. The number of carbonyl (C=O) groups is 1. The number of benzene rings is 2. The SMILES string of the molecule is COc1cc2c(cc1CN[C@H]1CCCN[C@H]1c1ccccc1)N(C)C(=O)CO2.Cl.Cl. The van der Waals surface area contributed by atoms with E-state index in [9.17, 15) is 4.79 Å². The minimum Gasteiger partial charge on any atom is -0.496 e. The minimum absolute atomic E-state index is 0. The van der Waals surface area contributed by atoms with Gasteiger partial charge in [-0.2, -0.15) is 0 Å². The van der Waals surface area contributed by atoms with E-state index in [4.69, 9.17) is 9.47 Å². The Morgan fingerprint density at radius 2 is 2.00 bits per heavy atom. The molecule has 1 fully saturated rings. The first-order valence-corrected chi connectivity index (χ1v) is 9.79. The zero-order valence-electron chi connectivity index (χ0n) is 17.2. The van der Waals surface area contributed by atoms with E-state index in [1.54, 1.807) is 19.1 Å². The molecule has 0 spiro atoms. The van der Waals surface area contributed by atoms with Gasteiger partial charge >= 0.3 is 0 Å². The van der Waals surface area contributed by atoms with E-state index in [2.05, 4.69) is 34.9 Å². The number of halogens is 2. The second kappa shape index (κ2) is 10.9. The van der Waals surface area contributed by atoms with Gasteiger partial charge in [0.1, 0.15) is 11.5 Å².